The van der Waals surface area contributed by atoms with Gasteiger partial charge in [0.15, 0.2) is 0 Å². The van der Waals surface area contributed by atoms with Gasteiger partial charge in [0.2, 0.25) is 0 Å². The SMILES string of the molecule is CCN(c1cccc(C)c1)c1cc(NN)nc(C)n1. The van der Waals surface area contributed by atoms with Crippen molar-refractivity contribution in [1.29, 1.82) is 0 Å². The Bertz CT molecular complexity index is 568. The summed E-state index contributed by atoms with van der Waals surface area (Å²) in [5.41, 5.74) is 4.91. The Kier molecular flexibility index (Phi) is 3.97. The number of hydrogen-bond donors (Lipinski definition) is 2. The molecule has 1 heterocycles. The third-order valence-electron chi connectivity index (χ3n) is 2.88. The van der Waals surface area contributed by atoms with Gasteiger partial charge in [-0.25, -0.2) is 15.8 Å². The molecule has 1 aromatic heterocycles. The van der Waals surface area contributed by atoms with Crippen LogP contribution in [0.2, 0.25) is 0 Å². The molecular weight excluding hydrogens is 238 g/mol. The number of hydrogen-bond acceptors (Lipinski definition) is 5. The van der Waals surface area contributed by atoms with Gasteiger partial charge >= 0.3 is 0 Å². The minimum absolute atomic E-state index is 0.619. The topological polar surface area (TPSA) is 67.1 Å². The van der Waals surface area contributed by atoms with Crippen LogP contribution < -0.4 is 16.2 Å². The zero-order valence-electron chi connectivity index (χ0n) is 11.5. The number of aryl methyl sites for hydroxylation is 2. The minimum atomic E-state index is 0.619. The second kappa shape index (κ2) is 5.67. The smallest absolute Gasteiger partial charge is 0.145 e. The van der Waals surface area contributed by atoms with Crippen LogP contribution in [0.25, 0.3) is 0 Å². The highest BCUT2D eigenvalue weighted by molar-refractivity contribution is 5.63. The Morgan fingerprint density at radius 2 is 2.00 bits per heavy atom. The molecule has 2 rings (SSSR count). The zero-order chi connectivity index (χ0) is 13.8. The maximum atomic E-state index is 5.43. The van der Waals surface area contributed by atoms with Crippen LogP contribution in [0.4, 0.5) is 17.3 Å². The van der Waals surface area contributed by atoms with Crippen molar-refractivity contribution < 1.29 is 0 Å². The molecule has 5 heteroatoms. The van der Waals surface area contributed by atoms with Crippen LogP contribution in [-0.4, -0.2) is 16.5 Å². The molecule has 5 nitrogen and oxygen atoms in total. The van der Waals surface area contributed by atoms with Crippen LogP contribution in [0.5, 0.6) is 0 Å². The Balaban J connectivity index is 2.44. The van der Waals surface area contributed by atoms with Gasteiger partial charge in [-0.2, -0.15) is 0 Å². The normalized spacial score (nSPS) is 10.3. The van der Waals surface area contributed by atoms with E-state index in [2.05, 4.69) is 52.3 Å². The maximum Gasteiger partial charge on any atom is 0.145 e. The van der Waals surface area contributed by atoms with E-state index in [1.54, 1.807) is 0 Å². The third-order valence-corrected chi connectivity index (χ3v) is 2.88. The molecule has 0 aliphatic carbocycles. The van der Waals surface area contributed by atoms with Crippen LogP contribution in [0.15, 0.2) is 30.3 Å². The van der Waals surface area contributed by atoms with Crippen LogP contribution >= 0.6 is 0 Å². The van der Waals surface area contributed by atoms with Crippen LogP contribution in [0.3, 0.4) is 0 Å². The van der Waals surface area contributed by atoms with E-state index < -0.39 is 0 Å². The number of aromatic nitrogens is 2. The van der Waals surface area contributed by atoms with Gasteiger partial charge in [-0.05, 0) is 38.5 Å². The first-order valence-electron chi connectivity index (χ1n) is 6.30. The van der Waals surface area contributed by atoms with E-state index in [-0.39, 0.29) is 0 Å². The lowest BCUT2D eigenvalue weighted by Crippen LogP contribution is -2.19. The Morgan fingerprint density at radius 1 is 1.21 bits per heavy atom. The average molecular weight is 257 g/mol. The van der Waals surface area contributed by atoms with E-state index in [0.717, 1.165) is 18.1 Å². The molecule has 0 saturated carbocycles. The molecule has 2 aromatic rings. The largest absolute Gasteiger partial charge is 0.326 e. The fraction of sp³-hybridized carbons (Fsp3) is 0.286. The molecule has 0 bridgehead atoms. The highest BCUT2D eigenvalue weighted by Gasteiger charge is 2.11. The van der Waals surface area contributed by atoms with Crippen molar-refractivity contribution in [3.8, 4) is 0 Å². The number of nitrogens with two attached hydrogens (primary N) is 1. The summed E-state index contributed by atoms with van der Waals surface area (Å²) in [6, 6.07) is 10.2. The van der Waals surface area contributed by atoms with Gasteiger partial charge < -0.3 is 10.3 Å². The Hall–Kier alpha value is -2.14. The van der Waals surface area contributed by atoms with Crippen LogP contribution in [0.1, 0.15) is 18.3 Å². The summed E-state index contributed by atoms with van der Waals surface area (Å²) < 4.78 is 0. The highest BCUT2D eigenvalue weighted by Crippen LogP contribution is 2.25. The lowest BCUT2D eigenvalue weighted by Gasteiger charge is -2.23. The van der Waals surface area contributed by atoms with Crippen molar-refractivity contribution in [2.45, 2.75) is 20.8 Å². The van der Waals surface area contributed by atoms with Gasteiger partial charge in [0.05, 0.1) is 0 Å². The summed E-state index contributed by atoms with van der Waals surface area (Å²) in [6.45, 7) is 6.85. The minimum Gasteiger partial charge on any atom is -0.326 e. The molecule has 100 valence electrons. The van der Waals surface area contributed by atoms with Gasteiger partial charge in [0, 0.05) is 18.3 Å². The lowest BCUT2D eigenvalue weighted by atomic mass is 10.2. The molecule has 3 N–H and O–H groups in total. The van der Waals surface area contributed by atoms with E-state index in [1.165, 1.54) is 5.56 Å². The maximum absolute atomic E-state index is 5.43. The number of nitrogens with zero attached hydrogens (tertiary/aromatic N) is 3. The first kappa shape index (κ1) is 13.3. The van der Waals surface area contributed by atoms with Gasteiger partial charge in [0.1, 0.15) is 17.5 Å². The van der Waals surface area contributed by atoms with Crippen molar-refractivity contribution in [3.63, 3.8) is 0 Å². The number of rotatable bonds is 4. The van der Waals surface area contributed by atoms with E-state index in [1.807, 2.05) is 19.1 Å². The predicted octanol–water partition coefficient (Wildman–Crippen LogP) is 2.54. The molecule has 0 saturated heterocycles. The number of nitrogens with one attached hydrogen (secondary N) is 1. The van der Waals surface area contributed by atoms with E-state index in [9.17, 15) is 0 Å². The van der Waals surface area contributed by atoms with E-state index in [0.29, 0.717) is 11.6 Å². The van der Waals surface area contributed by atoms with Crippen molar-refractivity contribution in [3.05, 3.63) is 41.7 Å². The first-order valence-corrected chi connectivity index (χ1v) is 6.30. The molecule has 0 atom stereocenters. The summed E-state index contributed by atoms with van der Waals surface area (Å²) in [6.07, 6.45) is 0. The Morgan fingerprint density at radius 3 is 2.63 bits per heavy atom. The number of anilines is 3. The summed E-state index contributed by atoms with van der Waals surface area (Å²) in [5, 5.41) is 0. The van der Waals surface area contributed by atoms with Gasteiger partial charge in [0.25, 0.3) is 0 Å². The van der Waals surface area contributed by atoms with Crippen molar-refractivity contribution in [2.24, 2.45) is 5.84 Å². The zero-order valence-corrected chi connectivity index (χ0v) is 11.5. The molecule has 0 amide bonds. The summed E-state index contributed by atoms with van der Waals surface area (Å²) in [7, 11) is 0. The molecule has 0 aliphatic heterocycles. The fourth-order valence-electron chi connectivity index (χ4n) is 2.04. The number of hydrazine groups is 1. The molecule has 1 aromatic carbocycles. The number of nitrogen functional groups attached to an aromatic ring is 1. The van der Waals surface area contributed by atoms with E-state index in [4.69, 9.17) is 5.84 Å². The second-order valence-corrected chi connectivity index (χ2v) is 4.39. The van der Waals surface area contributed by atoms with Gasteiger partial charge in [-0.1, -0.05) is 12.1 Å². The van der Waals surface area contributed by atoms with Crippen molar-refractivity contribution >= 4 is 17.3 Å². The molecule has 0 spiro atoms. The average Bonchev–Trinajstić information content (AvgIpc) is 2.39. The van der Waals surface area contributed by atoms with E-state index >= 15 is 0 Å². The molecule has 0 aliphatic rings. The summed E-state index contributed by atoms with van der Waals surface area (Å²) in [5.74, 6) is 7.58. The third kappa shape index (κ3) is 3.00. The second-order valence-electron chi connectivity index (χ2n) is 4.39. The van der Waals surface area contributed by atoms with Crippen molar-refractivity contribution in [1.82, 2.24) is 9.97 Å². The monoisotopic (exact) mass is 257 g/mol. The lowest BCUT2D eigenvalue weighted by molar-refractivity contribution is 0.949. The standard InChI is InChI=1S/C14H19N5/c1-4-19(12-7-5-6-10(2)8-12)14-9-13(18-15)16-11(3)17-14/h5-9H,4,15H2,1-3H3,(H,16,17,18). The Labute approximate surface area is 113 Å². The van der Waals surface area contributed by atoms with Crippen LogP contribution in [0, 0.1) is 13.8 Å². The van der Waals surface area contributed by atoms with Crippen molar-refractivity contribution in [2.75, 3.05) is 16.9 Å². The molecular formula is C14H19N5. The van der Waals surface area contributed by atoms with Gasteiger partial charge in [-0.3, -0.25) is 0 Å². The molecule has 19 heavy (non-hydrogen) atoms. The number of benzene rings is 1. The highest BCUT2D eigenvalue weighted by atomic mass is 15.3. The summed E-state index contributed by atoms with van der Waals surface area (Å²) >= 11 is 0. The summed E-state index contributed by atoms with van der Waals surface area (Å²) in [4.78, 5) is 10.8. The van der Waals surface area contributed by atoms with Crippen LogP contribution in [-0.2, 0) is 0 Å². The predicted molar refractivity (Wildman–Crippen MR) is 78.4 cm³/mol. The van der Waals surface area contributed by atoms with Gasteiger partial charge in [-0.15, -0.1) is 0 Å². The fourth-order valence-corrected chi connectivity index (χ4v) is 2.04. The molecule has 0 fully saturated rings. The molecule has 0 unspecified atom stereocenters. The molecule has 0 radical (unpaired) electrons. The quantitative estimate of drug-likeness (QED) is 0.651. The first-order chi connectivity index (χ1) is 9.13.